The predicted molar refractivity (Wildman–Crippen MR) is 121 cm³/mol. The zero-order valence-electron chi connectivity index (χ0n) is 18.8. The van der Waals surface area contributed by atoms with E-state index in [2.05, 4.69) is 25.2 Å². The molecule has 0 radical (unpaired) electrons. The van der Waals surface area contributed by atoms with Crippen LogP contribution in [0, 0.1) is 18.7 Å². The third-order valence-corrected chi connectivity index (χ3v) is 6.58. The van der Waals surface area contributed by atoms with Gasteiger partial charge in [-0.2, -0.15) is 4.39 Å². The van der Waals surface area contributed by atoms with Crippen LogP contribution in [0.25, 0.3) is 11.0 Å². The van der Waals surface area contributed by atoms with E-state index in [0.717, 1.165) is 0 Å². The Kier molecular flexibility index (Phi) is 5.53. The van der Waals surface area contributed by atoms with Crippen LogP contribution < -0.4 is 15.8 Å². The summed E-state index contributed by atoms with van der Waals surface area (Å²) in [6, 6.07) is 6.44. The van der Waals surface area contributed by atoms with Gasteiger partial charge in [-0.1, -0.05) is 6.07 Å². The minimum atomic E-state index is -0.711. The number of aromatic nitrogens is 3. The number of benzene rings is 1. The minimum Gasteiger partial charge on any atom is -0.377 e. The number of rotatable bonds is 4. The number of hydrogen-bond acceptors (Lipinski definition) is 7. The van der Waals surface area contributed by atoms with Gasteiger partial charge in [0.05, 0.1) is 30.0 Å². The molecule has 1 spiro atoms. The van der Waals surface area contributed by atoms with Crippen molar-refractivity contribution in [3.8, 4) is 0 Å². The Morgan fingerprint density at radius 1 is 1.21 bits per heavy atom. The van der Waals surface area contributed by atoms with E-state index >= 15 is 4.39 Å². The number of anilines is 1. The first-order valence-electron chi connectivity index (χ1n) is 11.0. The largest absolute Gasteiger partial charge is 0.377 e. The van der Waals surface area contributed by atoms with Crippen LogP contribution in [0.3, 0.4) is 0 Å². The molecule has 2 aromatic heterocycles. The number of carbonyl (C=O) groups excluding carboxylic acids is 1. The van der Waals surface area contributed by atoms with Gasteiger partial charge in [-0.25, -0.2) is 14.4 Å². The first-order chi connectivity index (χ1) is 16.3. The van der Waals surface area contributed by atoms with Crippen molar-refractivity contribution in [2.45, 2.75) is 19.0 Å². The number of nitrogens with one attached hydrogen (secondary N) is 2. The number of piperazine rings is 1. The van der Waals surface area contributed by atoms with Crippen LogP contribution in [0.2, 0.25) is 0 Å². The summed E-state index contributed by atoms with van der Waals surface area (Å²) < 4.78 is 35.5. The van der Waals surface area contributed by atoms with Crippen molar-refractivity contribution in [1.82, 2.24) is 25.2 Å². The molecule has 0 unspecified atom stereocenters. The molecule has 1 amide bonds. The number of amides is 1. The zero-order valence-corrected chi connectivity index (χ0v) is 18.8. The second-order valence-electron chi connectivity index (χ2n) is 8.73. The maximum Gasteiger partial charge on any atom is 0.269 e. The van der Waals surface area contributed by atoms with Crippen LogP contribution >= 0.6 is 0 Å². The summed E-state index contributed by atoms with van der Waals surface area (Å²) in [7, 11) is 1.46. The van der Waals surface area contributed by atoms with Crippen molar-refractivity contribution in [2.75, 3.05) is 44.8 Å². The maximum absolute atomic E-state index is 15.3. The van der Waals surface area contributed by atoms with Gasteiger partial charge in [-0.05, 0) is 25.1 Å². The quantitative estimate of drug-likeness (QED) is 0.555. The second-order valence-corrected chi connectivity index (χ2v) is 8.73. The topological polar surface area (TPSA) is 103 Å². The van der Waals surface area contributed by atoms with Crippen molar-refractivity contribution in [3.05, 3.63) is 63.3 Å². The van der Waals surface area contributed by atoms with Crippen LogP contribution in [0.4, 0.5) is 14.5 Å². The molecule has 2 N–H and O–H groups in total. The number of nitrogens with zero attached hydrogens (tertiary/aromatic N) is 4. The average molecular weight is 470 g/mol. The van der Waals surface area contributed by atoms with Gasteiger partial charge in [-0.15, -0.1) is 0 Å². The summed E-state index contributed by atoms with van der Waals surface area (Å²) in [6.07, 6.45) is 0. The number of pyridine rings is 1. The highest BCUT2D eigenvalue weighted by Crippen LogP contribution is 2.34. The fraction of sp³-hybridized carbons (Fsp3) is 0.391. The molecule has 3 aromatic rings. The molecule has 11 heteroatoms. The number of aromatic amines is 1. The molecule has 2 aliphatic heterocycles. The average Bonchev–Trinajstić information content (AvgIpc) is 2.81. The lowest BCUT2D eigenvalue weighted by Gasteiger charge is -2.55. The standard InChI is InChI=1S/C23H24F2N6O3/c1-13-21(32)29-19-15(27-13)4-3-14(18(19)24)9-31-8-7-30(10-23(31)11-34-12-23)17-6-5-16(22(33)26-2)28-20(17)25/h3-6H,7-12H2,1-2H3,(H,26,33)(H,29,32). The molecule has 178 valence electrons. The van der Waals surface area contributed by atoms with Crippen LogP contribution in [0.5, 0.6) is 0 Å². The monoisotopic (exact) mass is 470 g/mol. The Morgan fingerprint density at radius 3 is 2.68 bits per heavy atom. The van der Waals surface area contributed by atoms with E-state index in [1.54, 1.807) is 25.1 Å². The molecule has 0 bridgehead atoms. The van der Waals surface area contributed by atoms with E-state index in [0.29, 0.717) is 56.2 Å². The minimum absolute atomic E-state index is 0.0126. The van der Waals surface area contributed by atoms with Gasteiger partial charge >= 0.3 is 0 Å². The number of fused-ring (bicyclic) bond motifs is 1. The number of hydrogen-bond donors (Lipinski definition) is 2. The van der Waals surface area contributed by atoms with Crippen molar-refractivity contribution in [2.24, 2.45) is 0 Å². The fourth-order valence-electron chi connectivity index (χ4n) is 4.58. The number of aryl methyl sites for hydroxylation is 1. The molecule has 2 fully saturated rings. The summed E-state index contributed by atoms with van der Waals surface area (Å²) >= 11 is 0. The van der Waals surface area contributed by atoms with E-state index in [4.69, 9.17) is 4.74 Å². The Bertz CT molecular complexity index is 1340. The predicted octanol–water partition coefficient (Wildman–Crippen LogP) is 1.36. The molecule has 2 aliphatic rings. The molecule has 5 rings (SSSR count). The van der Waals surface area contributed by atoms with Crippen LogP contribution in [-0.4, -0.2) is 71.2 Å². The molecule has 9 nitrogen and oxygen atoms in total. The second kappa shape index (κ2) is 8.41. The highest BCUT2D eigenvalue weighted by Gasteiger charge is 2.48. The van der Waals surface area contributed by atoms with E-state index in [1.165, 1.54) is 13.1 Å². The number of halogens is 2. The molecule has 0 saturated carbocycles. The number of H-pyrrole nitrogens is 1. The van der Waals surface area contributed by atoms with Gasteiger partial charge in [-0.3, -0.25) is 14.5 Å². The lowest BCUT2D eigenvalue weighted by Crippen LogP contribution is -2.71. The van der Waals surface area contributed by atoms with Gasteiger partial charge in [0.15, 0.2) is 5.82 Å². The van der Waals surface area contributed by atoms with Crippen molar-refractivity contribution in [3.63, 3.8) is 0 Å². The van der Waals surface area contributed by atoms with Crippen LogP contribution in [0.15, 0.2) is 29.1 Å². The summed E-state index contributed by atoms with van der Waals surface area (Å²) in [6.45, 7) is 4.26. The van der Waals surface area contributed by atoms with Gasteiger partial charge in [0, 0.05) is 38.8 Å². The van der Waals surface area contributed by atoms with E-state index in [1.807, 2.05) is 4.90 Å². The molecule has 34 heavy (non-hydrogen) atoms. The first-order valence-corrected chi connectivity index (χ1v) is 11.0. The third-order valence-electron chi connectivity index (χ3n) is 6.58. The van der Waals surface area contributed by atoms with E-state index in [-0.39, 0.29) is 16.9 Å². The van der Waals surface area contributed by atoms with Crippen molar-refractivity contribution in [1.29, 1.82) is 0 Å². The molecule has 0 atom stereocenters. The lowest BCUT2D eigenvalue weighted by molar-refractivity contribution is -0.146. The van der Waals surface area contributed by atoms with E-state index < -0.39 is 28.8 Å². The highest BCUT2D eigenvalue weighted by molar-refractivity contribution is 5.92. The Hall–Kier alpha value is -3.44. The normalized spacial score (nSPS) is 17.7. The summed E-state index contributed by atoms with van der Waals surface area (Å²) in [4.78, 5) is 38.3. The van der Waals surface area contributed by atoms with Crippen LogP contribution in [-0.2, 0) is 11.3 Å². The van der Waals surface area contributed by atoms with Crippen molar-refractivity contribution < 1.29 is 18.3 Å². The smallest absolute Gasteiger partial charge is 0.269 e. The Morgan fingerprint density at radius 2 is 2.00 bits per heavy atom. The molecular weight excluding hydrogens is 446 g/mol. The van der Waals surface area contributed by atoms with Gasteiger partial charge in [0.2, 0.25) is 5.95 Å². The maximum atomic E-state index is 15.3. The Balaban J connectivity index is 1.39. The van der Waals surface area contributed by atoms with Crippen molar-refractivity contribution >= 4 is 22.6 Å². The summed E-state index contributed by atoms with van der Waals surface area (Å²) in [5, 5.41) is 2.43. The van der Waals surface area contributed by atoms with Gasteiger partial charge < -0.3 is 19.9 Å². The molecule has 2 saturated heterocycles. The van der Waals surface area contributed by atoms with Gasteiger partial charge in [0.1, 0.15) is 16.9 Å². The zero-order chi connectivity index (χ0) is 24.0. The number of carbonyl (C=O) groups is 1. The van der Waals surface area contributed by atoms with Crippen LogP contribution in [0.1, 0.15) is 21.7 Å². The SMILES string of the molecule is CNC(=O)c1ccc(N2CCN(Cc3ccc4nc(C)c(=O)[nH]c4c3F)C3(COC3)C2)c(F)n1. The first kappa shape index (κ1) is 22.4. The Labute approximate surface area is 193 Å². The summed E-state index contributed by atoms with van der Waals surface area (Å²) in [5.74, 6) is -1.67. The molecule has 4 heterocycles. The highest BCUT2D eigenvalue weighted by atomic mass is 19.1. The molecule has 0 aliphatic carbocycles. The van der Waals surface area contributed by atoms with Gasteiger partial charge in [0.25, 0.3) is 11.5 Å². The number of ether oxygens (including phenoxy) is 1. The molecular formula is C23H24F2N6O3. The summed E-state index contributed by atoms with van der Waals surface area (Å²) in [5.41, 5.74) is 0.711. The molecule has 1 aromatic carbocycles. The van der Waals surface area contributed by atoms with E-state index in [9.17, 15) is 14.0 Å². The lowest BCUT2D eigenvalue weighted by atomic mass is 9.90. The fourth-order valence-corrected chi connectivity index (χ4v) is 4.58. The third kappa shape index (κ3) is 3.70.